The third-order valence-electron chi connectivity index (χ3n) is 1.76. The van der Waals surface area contributed by atoms with Crippen LogP contribution < -0.4 is 4.74 Å². The van der Waals surface area contributed by atoms with Gasteiger partial charge in [-0.25, -0.2) is 4.39 Å². The Morgan fingerprint density at radius 1 is 1.62 bits per heavy atom. The summed E-state index contributed by atoms with van der Waals surface area (Å²) in [5.41, 5.74) is 0.761. The third-order valence-corrected chi connectivity index (χ3v) is 2.81. The first-order valence-electron chi connectivity index (χ1n) is 3.59. The van der Waals surface area contributed by atoms with Crippen LogP contribution in [0.25, 0.3) is 0 Å². The zero-order valence-electron chi connectivity index (χ0n) is 7.23. The molecule has 0 heterocycles. The van der Waals surface area contributed by atoms with Crippen LogP contribution >= 0.6 is 15.9 Å². The Bertz CT molecular complexity index is 350. The SMILES string of the molecule is COc1cc(C=O)c(Br)c(C)c1F. The van der Waals surface area contributed by atoms with E-state index in [-0.39, 0.29) is 5.75 Å². The first-order valence-corrected chi connectivity index (χ1v) is 4.39. The van der Waals surface area contributed by atoms with Gasteiger partial charge in [0.2, 0.25) is 0 Å². The number of rotatable bonds is 2. The molecule has 1 aromatic rings. The van der Waals surface area contributed by atoms with Crippen LogP contribution in [0.3, 0.4) is 0 Å². The summed E-state index contributed by atoms with van der Waals surface area (Å²) in [6, 6.07) is 1.36. The first-order chi connectivity index (χ1) is 6.11. The molecule has 0 N–H and O–H groups in total. The van der Waals surface area contributed by atoms with Crippen molar-refractivity contribution < 1.29 is 13.9 Å². The fourth-order valence-electron chi connectivity index (χ4n) is 1.000. The van der Waals surface area contributed by atoms with Crippen LogP contribution in [0, 0.1) is 12.7 Å². The standard InChI is InChI=1S/C9H8BrFO2/c1-5-8(10)6(4-12)3-7(13-2)9(5)11/h3-4H,1-2H3. The van der Waals surface area contributed by atoms with Crippen LogP contribution in [0.5, 0.6) is 5.75 Å². The highest BCUT2D eigenvalue weighted by molar-refractivity contribution is 9.10. The van der Waals surface area contributed by atoms with Crippen molar-refractivity contribution in [2.75, 3.05) is 7.11 Å². The van der Waals surface area contributed by atoms with Crippen LogP contribution in [-0.4, -0.2) is 13.4 Å². The van der Waals surface area contributed by atoms with E-state index in [0.29, 0.717) is 21.9 Å². The maximum Gasteiger partial charge on any atom is 0.169 e. The first kappa shape index (κ1) is 10.2. The summed E-state index contributed by atoms with van der Waals surface area (Å²) < 4.78 is 18.5. The highest BCUT2D eigenvalue weighted by Gasteiger charge is 2.13. The molecule has 70 valence electrons. The molecule has 0 aliphatic heterocycles. The van der Waals surface area contributed by atoms with Crippen molar-refractivity contribution >= 4 is 22.2 Å². The molecule has 4 heteroatoms. The Morgan fingerprint density at radius 2 is 2.23 bits per heavy atom. The van der Waals surface area contributed by atoms with Crippen molar-refractivity contribution in [3.05, 3.63) is 27.5 Å². The maximum atomic E-state index is 13.3. The Balaban J connectivity index is 3.45. The molecular weight excluding hydrogens is 239 g/mol. The van der Waals surface area contributed by atoms with Crippen molar-refractivity contribution in [3.63, 3.8) is 0 Å². The van der Waals surface area contributed by atoms with Gasteiger partial charge in [-0.1, -0.05) is 0 Å². The smallest absolute Gasteiger partial charge is 0.169 e. The van der Waals surface area contributed by atoms with E-state index in [1.807, 2.05) is 0 Å². The Kier molecular flexibility index (Phi) is 3.03. The second-order valence-corrected chi connectivity index (χ2v) is 3.33. The lowest BCUT2D eigenvalue weighted by Crippen LogP contribution is -1.96. The average molecular weight is 247 g/mol. The van der Waals surface area contributed by atoms with E-state index in [1.54, 1.807) is 6.92 Å². The summed E-state index contributed by atoms with van der Waals surface area (Å²) in [6.07, 6.45) is 0.652. The summed E-state index contributed by atoms with van der Waals surface area (Å²) in [5.74, 6) is -0.359. The van der Waals surface area contributed by atoms with Gasteiger partial charge in [0.25, 0.3) is 0 Å². The van der Waals surface area contributed by atoms with E-state index in [2.05, 4.69) is 15.9 Å². The quantitative estimate of drug-likeness (QED) is 0.751. The lowest BCUT2D eigenvalue weighted by molar-refractivity contribution is 0.112. The van der Waals surface area contributed by atoms with Gasteiger partial charge in [0.15, 0.2) is 17.9 Å². The molecule has 0 fully saturated rings. The molecule has 1 aromatic carbocycles. The number of aldehydes is 1. The van der Waals surface area contributed by atoms with Gasteiger partial charge in [-0.05, 0) is 28.9 Å². The van der Waals surface area contributed by atoms with Gasteiger partial charge in [-0.3, -0.25) is 4.79 Å². The van der Waals surface area contributed by atoms with Gasteiger partial charge in [0.05, 0.1) is 7.11 Å². The second-order valence-electron chi connectivity index (χ2n) is 2.54. The van der Waals surface area contributed by atoms with Crippen molar-refractivity contribution in [2.24, 2.45) is 0 Å². The number of hydrogen-bond donors (Lipinski definition) is 0. The number of methoxy groups -OCH3 is 1. The predicted molar refractivity (Wildman–Crippen MR) is 50.8 cm³/mol. The van der Waals surface area contributed by atoms with Gasteiger partial charge in [-0.15, -0.1) is 0 Å². The lowest BCUT2D eigenvalue weighted by Gasteiger charge is -2.07. The summed E-state index contributed by atoms with van der Waals surface area (Å²) in [4.78, 5) is 10.6. The summed E-state index contributed by atoms with van der Waals surface area (Å²) in [6.45, 7) is 1.58. The number of ether oxygens (including phenoxy) is 1. The Labute approximate surface area is 83.8 Å². The van der Waals surface area contributed by atoms with Crippen LogP contribution in [0.1, 0.15) is 15.9 Å². The van der Waals surface area contributed by atoms with Crippen molar-refractivity contribution in [2.45, 2.75) is 6.92 Å². The minimum Gasteiger partial charge on any atom is -0.494 e. The van der Waals surface area contributed by atoms with Gasteiger partial charge in [0.1, 0.15) is 0 Å². The lowest BCUT2D eigenvalue weighted by atomic mass is 10.1. The molecule has 0 saturated carbocycles. The number of hydrogen-bond acceptors (Lipinski definition) is 2. The Hall–Kier alpha value is -0.900. The van der Waals surface area contributed by atoms with E-state index < -0.39 is 5.82 Å². The van der Waals surface area contributed by atoms with E-state index in [9.17, 15) is 9.18 Å². The molecule has 13 heavy (non-hydrogen) atoms. The molecule has 0 radical (unpaired) electrons. The summed E-state index contributed by atoms with van der Waals surface area (Å²) in [7, 11) is 1.36. The van der Waals surface area contributed by atoms with Gasteiger partial charge in [0, 0.05) is 15.6 Å². The van der Waals surface area contributed by atoms with Gasteiger partial charge < -0.3 is 4.74 Å². The molecule has 0 atom stereocenters. The molecule has 0 unspecified atom stereocenters. The predicted octanol–water partition coefficient (Wildman–Crippen LogP) is 2.72. The summed E-state index contributed by atoms with van der Waals surface area (Å²) >= 11 is 3.13. The van der Waals surface area contributed by atoms with Gasteiger partial charge in [-0.2, -0.15) is 0 Å². The van der Waals surface area contributed by atoms with Crippen molar-refractivity contribution in [3.8, 4) is 5.75 Å². The molecule has 0 bridgehead atoms. The average Bonchev–Trinajstić information content (AvgIpc) is 2.15. The van der Waals surface area contributed by atoms with Crippen molar-refractivity contribution in [1.82, 2.24) is 0 Å². The number of halogens is 2. The topological polar surface area (TPSA) is 26.3 Å². The highest BCUT2D eigenvalue weighted by atomic mass is 79.9. The Morgan fingerprint density at radius 3 is 2.69 bits per heavy atom. The monoisotopic (exact) mass is 246 g/mol. The summed E-state index contributed by atoms with van der Waals surface area (Å²) in [5, 5.41) is 0. The molecule has 0 spiro atoms. The van der Waals surface area contributed by atoms with E-state index in [0.717, 1.165) is 0 Å². The molecule has 0 aliphatic carbocycles. The minimum absolute atomic E-state index is 0.0859. The number of carbonyl (C=O) groups is 1. The molecular formula is C9H8BrFO2. The van der Waals surface area contributed by atoms with Crippen LogP contribution in [-0.2, 0) is 0 Å². The van der Waals surface area contributed by atoms with Crippen LogP contribution in [0.2, 0.25) is 0 Å². The molecule has 0 saturated heterocycles. The van der Waals surface area contributed by atoms with Crippen LogP contribution in [0.15, 0.2) is 10.5 Å². The van der Waals surface area contributed by atoms with Gasteiger partial charge >= 0.3 is 0 Å². The normalized spacial score (nSPS) is 9.85. The number of benzene rings is 1. The molecule has 0 aliphatic rings. The highest BCUT2D eigenvalue weighted by Crippen LogP contribution is 2.29. The fraction of sp³-hybridized carbons (Fsp3) is 0.222. The maximum absolute atomic E-state index is 13.3. The van der Waals surface area contributed by atoms with E-state index in [1.165, 1.54) is 13.2 Å². The van der Waals surface area contributed by atoms with Crippen molar-refractivity contribution in [1.29, 1.82) is 0 Å². The zero-order chi connectivity index (χ0) is 10.0. The van der Waals surface area contributed by atoms with Crippen LogP contribution in [0.4, 0.5) is 4.39 Å². The minimum atomic E-state index is -0.444. The van der Waals surface area contributed by atoms with E-state index >= 15 is 0 Å². The largest absolute Gasteiger partial charge is 0.494 e. The third kappa shape index (κ3) is 1.72. The molecule has 1 rings (SSSR count). The van der Waals surface area contributed by atoms with E-state index in [4.69, 9.17) is 4.74 Å². The molecule has 0 amide bonds. The number of carbonyl (C=O) groups excluding carboxylic acids is 1. The zero-order valence-corrected chi connectivity index (χ0v) is 8.81. The second kappa shape index (κ2) is 3.87. The fourth-order valence-corrected chi connectivity index (χ4v) is 1.38. The molecule has 2 nitrogen and oxygen atoms in total. The molecule has 0 aromatic heterocycles.